The van der Waals surface area contributed by atoms with E-state index >= 15 is 0 Å². The van der Waals surface area contributed by atoms with E-state index in [9.17, 15) is 14.7 Å². The summed E-state index contributed by atoms with van der Waals surface area (Å²) < 4.78 is 12.8. The highest BCUT2D eigenvalue weighted by molar-refractivity contribution is 9.10. The monoisotopic (exact) mass is 603 g/mol. The molecular weight excluding hydrogens is 586 g/mol. The lowest BCUT2D eigenvalue weighted by molar-refractivity contribution is -0.113. The Bertz CT molecular complexity index is 1380. The summed E-state index contributed by atoms with van der Waals surface area (Å²) in [6.07, 6.45) is 1.72. The number of thioether (sulfide) groups is 1. The molecule has 0 saturated carbocycles. The van der Waals surface area contributed by atoms with Gasteiger partial charge in [0.25, 0.3) is 5.91 Å². The van der Waals surface area contributed by atoms with Gasteiger partial charge in [-0.25, -0.2) is 4.79 Å². The quantitative estimate of drug-likeness (QED) is 0.216. The largest absolute Gasteiger partial charge is 0.490 e. The third-order valence-corrected chi connectivity index (χ3v) is 7.21. The van der Waals surface area contributed by atoms with Crippen molar-refractivity contribution < 1.29 is 24.2 Å². The molecule has 0 spiro atoms. The zero-order chi connectivity index (χ0) is 25.8. The SMILES string of the molecule is CCOc1cc(/C=C2/SC(=S)N(c3cccc(C(=O)O)c3)C2=O)cc(Br)c1OCc1ccc(Cl)cc1. The van der Waals surface area contributed by atoms with Gasteiger partial charge in [0.15, 0.2) is 15.8 Å². The van der Waals surface area contributed by atoms with E-state index in [2.05, 4.69) is 15.9 Å². The molecule has 0 aliphatic carbocycles. The normalized spacial score (nSPS) is 14.4. The molecule has 10 heteroatoms. The fourth-order valence-corrected chi connectivity index (χ4v) is 5.43. The van der Waals surface area contributed by atoms with Crippen LogP contribution in [0.3, 0.4) is 0 Å². The molecule has 6 nitrogen and oxygen atoms in total. The van der Waals surface area contributed by atoms with E-state index in [0.29, 0.717) is 54.7 Å². The molecule has 0 atom stereocenters. The van der Waals surface area contributed by atoms with Crippen LogP contribution in [0.25, 0.3) is 6.08 Å². The first kappa shape index (κ1) is 26.2. The number of anilines is 1. The fourth-order valence-electron chi connectivity index (χ4n) is 3.43. The highest BCUT2D eigenvalue weighted by Gasteiger charge is 2.33. The maximum atomic E-state index is 13.2. The fraction of sp³-hybridized carbons (Fsp3) is 0.115. The van der Waals surface area contributed by atoms with Crippen molar-refractivity contribution in [3.8, 4) is 11.5 Å². The minimum atomic E-state index is -1.08. The van der Waals surface area contributed by atoms with E-state index in [0.717, 1.165) is 17.3 Å². The second-order valence-corrected chi connectivity index (χ2v) is 10.5. The number of ether oxygens (including phenoxy) is 2. The summed E-state index contributed by atoms with van der Waals surface area (Å²) in [6.45, 7) is 2.62. The van der Waals surface area contributed by atoms with Crippen molar-refractivity contribution >= 4 is 79.5 Å². The lowest BCUT2D eigenvalue weighted by Crippen LogP contribution is -2.27. The summed E-state index contributed by atoms with van der Waals surface area (Å²) in [6, 6.07) is 17.1. The number of rotatable bonds is 8. The Morgan fingerprint density at radius 2 is 1.92 bits per heavy atom. The summed E-state index contributed by atoms with van der Waals surface area (Å²) in [5.41, 5.74) is 2.14. The van der Waals surface area contributed by atoms with Crippen LogP contribution in [0.1, 0.15) is 28.4 Å². The van der Waals surface area contributed by atoms with Gasteiger partial charge in [0.2, 0.25) is 0 Å². The zero-order valence-corrected chi connectivity index (χ0v) is 22.8. The molecule has 36 heavy (non-hydrogen) atoms. The van der Waals surface area contributed by atoms with Crippen molar-refractivity contribution in [2.75, 3.05) is 11.5 Å². The van der Waals surface area contributed by atoms with Gasteiger partial charge in [-0.05, 0) is 82.5 Å². The second-order valence-electron chi connectivity index (χ2n) is 7.55. The third-order valence-electron chi connectivity index (χ3n) is 5.07. The average molecular weight is 605 g/mol. The minimum Gasteiger partial charge on any atom is -0.490 e. The number of amides is 1. The first-order valence-corrected chi connectivity index (χ1v) is 13.1. The van der Waals surface area contributed by atoms with Crippen molar-refractivity contribution in [3.05, 3.63) is 91.8 Å². The van der Waals surface area contributed by atoms with Crippen molar-refractivity contribution in [1.29, 1.82) is 0 Å². The second kappa shape index (κ2) is 11.5. The van der Waals surface area contributed by atoms with E-state index in [1.165, 1.54) is 17.0 Å². The molecule has 3 aromatic rings. The summed E-state index contributed by atoms with van der Waals surface area (Å²) in [5.74, 6) is -0.340. The van der Waals surface area contributed by atoms with E-state index in [1.54, 1.807) is 36.4 Å². The van der Waals surface area contributed by atoms with Gasteiger partial charge in [-0.2, -0.15) is 0 Å². The summed E-state index contributed by atoms with van der Waals surface area (Å²) in [5, 5.41) is 9.93. The van der Waals surface area contributed by atoms with E-state index < -0.39 is 5.97 Å². The Labute approximate surface area is 231 Å². The molecule has 1 aliphatic rings. The molecule has 0 aromatic heterocycles. The van der Waals surface area contributed by atoms with Gasteiger partial charge in [-0.3, -0.25) is 9.69 Å². The lowest BCUT2D eigenvalue weighted by Gasteiger charge is -2.15. The van der Waals surface area contributed by atoms with Gasteiger partial charge in [-0.1, -0.05) is 53.8 Å². The van der Waals surface area contributed by atoms with E-state index in [4.69, 9.17) is 33.3 Å². The van der Waals surface area contributed by atoms with Crippen molar-refractivity contribution in [2.24, 2.45) is 0 Å². The summed E-state index contributed by atoms with van der Waals surface area (Å²) in [4.78, 5) is 26.3. The molecule has 0 radical (unpaired) electrons. The summed E-state index contributed by atoms with van der Waals surface area (Å²) >= 11 is 16.1. The predicted octanol–water partition coefficient (Wildman–Crippen LogP) is 7.18. The Hall–Kier alpha value is -2.85. The molecule has 1 N–H and O–H groups in total. The first-order chi connectivity index (χ1) is 17.3. The Morgan fingerprint density at radius 3 is 2.61 bits per heavy atom. The molecule has 0 bridgehead atoms. The number of carbonyl (C=O) groups is 2. The van der Waals surface area contributed by atoms with Crippen LogP contribution in [0.4, 0.5) is 5.69 Å². The van der Waals surface area contributed by atoms with Gasteiger partial charge in [0.1, 0.15) is 6.61 Å². The minimum absolute atomic E-state index is 0.0741. The van der Waals surface area contributed by atoms with Crippen LogP contribution in [0.2, 0.25) is 5.02 Å². The smallest absolute Gasteiger partial charge is 0.335 e. The van der Waals surface area contributed by atoms with Crippen LogP contribution in [0, 0.1) is 0 Å². The number of nitrogens with zero attached hydrogens (tertiary/aromatic N) is 1. The highest BCUT2D eigenvalue weighted by Crippen LogP contribution is 2.40. The molecule has 4 rings (SSSR count). The molecule has 0 unspecified atom stereocenters. The molecule has 1 fully saturated rings. The predicted molar refractivity (Wildman–Crippen MR) is 150 cm³/mol. The van der Waals surface area contributed by atoms with Gasteiger partial charge >= 0.3 is 5.97 Å². The number of thiocarbonyl (C=S) groups is 1. The lowest BCUT2D eigenvalue weighted by atomic mass is 10.1. The molecule has 1 saturated heterocycles. The number of hydrogen-bond donors (Lipinski definition) is 1. The van der Waals surface area contributed by atoms with Gasteiger partial charge in [0.05, 0.1) is 27.2 Å². The van der Waals surface area contributed by atoms with Crippen LogP contribution in [0.5, 0.6) is 11.5 Å². The van der Waals surface area contributed by atoms with Crippen molar-refractivity contribution in [2.45, 2.75) is 13.5 Å². The van der Waals surface area contributed by atoms with Gasteiger partial charge < -0.3 is 14.6 Å². The van der Waals surface area contributed by atoms with Crippen LogP contribution >= 0.6 is 51.5 Å². The maximum absolute atomic E-state index is 13.2. The number of benzene rings is 3. The summed E-state index contributed by atoms with van der Waals surface area (Å²) in [7, 11) is 0. The van der Waals surface area contributed by atoms with Gasteiger partial charge in [-0.15, -0.1) is 0 Å². The third kappa shape index (κ3) is 5.92. The molecule has 1 heterocycles. The number of hydrogen-bond acceptors (Lipinski definition) is 6. The van der Waals surface area contributed by atoms with Crippen LogP contribution in [-0.4, -0.2) is 27.9 Å². The Morgan fingerprint density at radius 1 is 1.17 bits per heavy atom. The topological polar surface area (TPSA) is 76.1 Å². The molecule has 3 aromatic carbocycles. The van der Waals surface area contributed by atoms with Gasteiger partial charge in [0, 0.05) is 5.02 Å². The molecule has 1 aliphatic heterocycles. The standard InChI is InChI=1S/C26H19BrClNO5S2/c1-2-33-21-11-16(10-20(27)23(21)34-14-15-6-8-18(28)9-7-15)12-22-24(30)29(26(35)36-22)19-5-3-4-17(13-19)25(31)32/h3-13H,2,14H2,1H3,(H,31,32)/b22-12+. The number of carboxylic acid groups (broad SMARTS) is 1. The van der Waals surface area contributed by atoms with Crippen LogP contribution < -0.4 is 14.4 Å². The number of aromatic carboxylic acids is 1. The number of carbonyl (C=O) groups excluding carboxylic acids is 1. The highest BCUT2D eigenvalue weighted by atomic mass is 79.9. The molecule has 1 amide bonds. The Balaban J connectivity index is 1.60. The number of carboxylic acids is 1. The molecular formula is C26H19BrClNO5S2. The molecule has 184 valence electrons. The number of halogens is 2. The van der Waals surface area contributed by atoms with Crippen LogP contribution in [0.15, 0.2) is 70.0 Å². The van der Waals surface area contributed by atoms with Crippen molar-refractivity contribution in [1.82, 2.24) is 0 Å². The average Bonchev–Trinajstić information content (AvgIpc) is 3.12. The van der Waals surface area contributed by atoms with Crippen molar-refractivity contribution in [3.63, 3.8) is 0 Å². The maximum Gasteiger partial charge on any atom is 0.335 e. The van der Waals surface area contributed by atoms with E-state index in [-0.39, 0.29) is 11.5 Å². The van der Waals surface area contributed by atoms with E-state index in [1.807, 2.05) is 25.1 Å². The Kier molecular flexibility index (Phi) is 8.35. The zero-order valence-electron chi connectivity index (χ0n) is 18.9. The first-order valence-electron chi connectivity index (χ1n) is 10.7. The van der Waals surface area contributed by atoms with Crippen LogP contribution in [-0.2, 0) is 11.4 Å².